The van der Waals surface area contributed by atoms with Crippen molar-refractivity contribution in [2.75, 3.05) is 19.0 Å². The van der Waals surface area contributed by atoms with E-state index in [4.69, 9.17) is 17.0 Å². The molecule has 1 aliphatic heterocycles. The number of nitrogens with zero attached hydrogens (tertiary/aromatic N) is 3. The van der Waals surface area contributed by atoms with Crippen LogP contribution in [0, 0.1) is 13.8 Å². The number of pyridine rings is 1. The average molecular weight is 512 g/mol. The Labute approximate surface area is 222 Å². The van der Waals surface area contributed by atoms with Crippen LogP contribution in [-0.2, 0) is 4.79 Å². The first-order chi connectivity index (χ1) is 18.0. The number of nitrogens with one attached hydrogen (secondary N) is 2. The van der Waals surface area contributed by atoms with E-state index in [2.05, 4.69) is 40.1 Å². The molecule has 188 valence electrons. The summed E-state index contributed by atoms with van der Waals surface area (Å²) in [5.74, 6) is 0.675. The van der Waals surface area contributed by atoms with Crippen molar-refractivity contribution in [3.05, 3.63) is 108 Å². The lowest BCUT2D eigenvalue weighted by Crippen LogP contribution is -2.37. The quantitative estimate of drug-likeness (QED) is 0.336. The summed E-state index contributed by atoms with van der Waals surface area (Å²) in [7, 11) is 1.66. The first kappa shape index (κ1) is 24.5. The van der Waals surface area contributed by atoms with Gasteiger partial charge in [-0.3, -0.25) is 9.78 Å². The Morgan fingerprint density at radius 1 is 1.05 bits per heavy atom. The molecule has 8 heteroatoms. The lowest BCUT2D eigenvalue weighted by Gasteiger charge is -2.27. The molecule has 1 saturated heterocycles. The molecule has 2 aromatic heterocycles. The molecule has 0 saturated carbocycles. The molecule has 0 spiro atoms. The first-order valence-corrected chi connectivity index (χ1v) is 12.5. The molecule has 0 aliphatic carbocycles. The number of amides is 1. The van der Waals surface area contributed by atoms with Gasteiger partial charge in [-0.1, -0.05) is 24.3 Å². The number of carbonyl (C=O) groups excluding carboxylic acids is 1. The molecule has 2 N–H and O–H groups in total. The molecule has 2 atom stereocenters. The number of benzene rings is 2. The number of anilines is 1. The summed E-state index contributed by atoms with van der Waals surface area (Å²) < 4.78 is 7.55. The summed E-state index contributed by atoms with van der Waals surface area (Å²) in [5, 5.41) is 6.95. The van der Waals surface area contributed by atoms with Crippen LogP contribution in [0.2, 0.25) is 0 Å². The van der Waals surface area contributed by atoms with Crippen LogP contribution in [0.3, 0.4) is 0 Å². The maximum atomic E-state index is 13.1. The number of aryl methyl sites for hydroxylation is 1. The van der Waals surface area contributed by atoms with Crippen molar-refractivity contribution >= 4 is 28.9 Å². The molecule has 4 aromatic rings. The molecule has 37 heavy (non-hydrogen) atoms. The number of rotatable bonds is 7. The van der Waals surface area contributed by atoms with Gasteiger partial charge in [0.15, 0.2) is 5.11 Å². The van der Waals surface area contributed by atoms with Gasteiger partial charge in [-0.05, 0) is 86.2 Å². The SMILES string of the molecule is COc1ccc(-n2c(C)cc([C@H]3[C@@H](c4ccccn4)NC(=S)N3CC(=O)Nc3ccccc3)c2C)cc1. The number of para-hydroxylation sites is 1. The van der Waals surface area contributed by atoms with Gasteiger partial charge in [-0.15, -0.1) is 0 Å². The van der Waals surface area contributed by atoms with Crippen LogP contribution in [-0.4, -0.2) is 39.1 Å². The molecular weight excluding hydrogens is 482 g/mol. The second-order valence-corrected chi connectivity index (χ2v) is 9.42. The van der Waals surface area contributed by atoms with E-state index >= 15 is 0 Å². The van der Waals surface area contributed by atoms with Crippen LogP contribution >= 0.6 is 12.2 Å². The molecular formula is C29H29N5O2S. The number of hydrogen-bond acceptors (Lipinski definition) is 4. The van der Waals surface area contributed by atoms with E-state index in [0.717, 1.165) is 39.8 Å². The topological polar surface area (TPSA) is 71.4 Å². The van der Waals surface area contributed by atoms with E-state index in [0.29, 0.717) is 5.11 Å². The fourth-order valence-corrected chi connectivity index (χ4v) is 5.31. The lowest BCUT2D eigenvalue weighted by atomic mass is 9.96. The smallest absolute Gasteiger partial charge is 0.244 e. The van der Waals surface area contributed by atoms with Crippen LogP contribution in [0.15, 0.2) is 85.1 Å². The first-order valence-electron chi connectivity index (χ1n) is 12.1. The van der Waals surface area contributed by atoms with Gasteiger partial charge in [0.1, 0.15) is 12.3 Å². The van der Waals surface area contributed by atoms with Crippen molar-refractivity contribution < 1.29 is 9.53 Å². The van der Waals surface area contributed by atoms with Gasteiger partial charge in [-0.25, -0.2) is 0 Å². The van der Waals surface area contributed by atoms with E-state index < -0.39 is 0 Å². The van der Waals surface area contributed by atoms with Gasteiger partial charge in [-0.2, -0.15) is 0 Å². The molecule has 1 aliphatic rings. The van der Waals surface area contributed by atoms with Crippen molar-refractivity contribution in [3.63, 3.8) is 0 Å². The molecule has 1 amide bonds. The summed E-state index contributed by atoms with van der Waals surface area (Å²) in [6.45, 7) is 4.30. The second kappa shape index (κ2) is 10.4. The summed E-state index contributed by atoms with van der Waals surface area (Å²) >= 11 is 5.77. The summed E-state index contributed by atoms with van der Waals surface area (Å²) in [6.07, 6.45) is 1.78. The van der Waals surface area contributed by atoms with Crippen molar-refractivity contribution in [1.29, 1.82) is 0 Å². The van der Waals surface area contributed by atoms with Crippen LogP contribution in [0.5, 0.6) is 5.75 Å². The van der Waals surface area contributed by atoms with Crippen LogP contribution in [0.4, 0.5) is 5.69 Å². The van der Waals surface area contributed by atoms with E-state index in [9.17, 15) is 4.79 Å². The highest BCUT2D eigenvalue weighted by Crippen LogP contribution is 2.41. The Morgan fingerprint density at radius 2 is 1.78 bits per heavy atom. The standard InChI is InChI=1S/C29H29N5O2S/c1-19-17-24(20(2)34(19)22-12-14-23(36-3)15-13-22)28-27(25-11-7-8-16-30-25)32-29(37)33(28)18-26(35)31-21-9-5-4-6-10-21/h4-17,27-28H,18H2,1-3H3,(H,31,35)(H,32,37)/t27-,28+/m1/s1. The van der Waals surface area contributed by atoms with Crippen molar-refractivity contribution in [1.82, 2.24) is 19.8 Å². The van der Waals surface area contributed by atoms with Crippen molar-refractivity contribution in [3.8, 4) is 11.4 Å². The van der Waals surface area contributed by atoms with Crippen LogP contribution < -0.4 is 15.4 Å². The van der Waals surface area contributed by atoms with Gasteiger partial charge in [0.2, 0.25) is 5.91 Å². The second-order valence-electron chi connectivity index (χ2n) is 9.03. The zero-order valence-corrected chi connectivity index (χ0v) is 21.8. The Balaban J connectivity index is 1.53. The average Bonchev–Trinajstić information content (AvgIpc) is 3.39. The van der Waals surface area contributed by atoms with E-state index in [1.165, 1.54) is 0 Å². The van der Waals surface area contributed by atoms with Gasteiger partial charge in [0.05, 0.1) is 24.9 Å². The predicted octanol–water partition coefficient (Wildman–Crippen LogP) is 5.11. The zero-order valence-electron chi connectivity index (χ0n) is 21.0. The monoisotopic (exact) mass is 511 g/mol. The number of aromatic nitrogens is 2. The predicted molar refractivity (Wildman–Crippen MR) is 149 cm³/mol. The van der Waals surface area contributed by atoms with Crippen molar-refractivity contribution in [2.45, 2.75) is 25.9 Å². The zero-order chi connectivity index (χ0) is 25.9. The normalized spacial score (nSPS) is 16.9. The molecule has 2 aromatic carbocycles. The summed E-state index contributed by atoms with van der Waals surface area (Å²) in [5.41, 5.74) is 5.91. The minimum atomic E-state index is -0.220. The summed E-state index contributed by atoms with van der Waals surface area (Å²) in [4.78, 5) is 19.7. The van der Waals surface area contributed by atoms with Gasteiger partial charge in [0, 0.05) is 29.0 Å². The number of ether oxygens (including phenoxy) is 1. The lowest BCUT2D eigenvalue weighted by molar-refractivity contribution is -0.116. The van der Waals surface area contributed by atoms with E-state index in [-0.39, 0.29) is 24.5 Å². The highest BCUT2D eigenvalue weighted by atomic mass is 32.1. The fraction of sp³-hybridized carbons (Fsp3) is 0.207. The maximum absolute atomic E-state index is 13.1. The van der Waals surface area contributed by atoms with E-state index in [1.807, 2.05) is 77.7 Å². The number of carbonyl (C=O) groups is 1. The fourth-order valence-electron chi connectivity index (χ4n) is 5.01. The maximum Gasteiger partial charge on any atom is 0.244 e. The van der Waals surface area contributed by atoms with Crippen LogP contribution in [0.25, 0.3) is 5.69 Å². The Kier molecular flexibility index (Phi) is 6.92. The van der Waals surface area contributed by atoms with Gasteiger partial charge < -0.3 is 24.8 Å². The number of thiocarbonyl (C=S) groups is 1. The van der Waals surface area contributed by atoms with Gasteiger partial charge >= 0.3 is 0 Å². The molecule has 3 heterocycles. The molecule has 7 nitrogen and oxygen atoms in total. The highest BCUT2D eigenvalue weighted by Gasteiger charge is 2.42. The van der Waals surface area contributed by atoms with Gasteiger partial charge in [0.25, 0.3) is 0 Å². The number of hydrogen-bond donors (Lipinski definition) is 2. The third-order valence-corrected chi connectivity index (χ3v) is 7.04. The third kappa shape index (κ3) is 4.93. The third-order valence-electron chi connectivity index (χ3n) is 6.69. The number of methoxy groups -OCH3 is 1. The minimum Gasteiger partial charge on any atom is -0.497 e. The minimum absolute atomic E-state index is 0.112. The highest BCUT2D eigenvalue weighted by molar-refractivity contribution is 7.80. The molecule has 0 radical (unpaired) electrons. The Hall–Kier alpha value is -4.17. The Morgan fingerprint density at radius 3 is 2.46 bits per heavy atom. The largest absolute Gasteiger partial charge is 0.497 e. The summed E-state index contributed by atoms with van der Waals surface area (Å²) in [6, 6.07) is 25.0. The molecule has 5 rings (SSSR count). The van der Waals surface area contributed by atoms with Crippen molar-refractivity contribution in [2.24, 2.45) is 0 Å². The van der Waals surface area contributed by atoms with Crippen LogP contribution in [0.1, 0.15) is 34.7 Å². The molecule has 0 unspecified atom stereocenters. The van der Waals surface area contributed by atoms with E-state index in [1.54, 1.807) is 13.3 Å². The molecule has 1 fully saturated rings. The molecule has 0 bridgehead atoms. The Bertz CT molecular complexity index is 1400.